The number of benzene rings is 2. The lowest BCUT2D eigenvalue weighted by atomic mass is 10.1. The number of aryl methyl sites for hydroxylation is 1. The van der Waals surface area contributed by atoms with Crippen LogP contribution in [0.5, 0.6) is 0 Å². The Kier molecular flexibility index (Phi) is 5.74. The minimum atomic E-state index is -0.164. The maximum Gasteiger partial charge on any atom is 0.226 e. The summed E-state index contributed by atoms with van der Waals surface area (Å²) in [6.45, 7) is 1.50. The van der Waals surface area contributed by atoms with E-state index in [1.54, 1.807) is 12.1 Å². The summed E-state index contributed by atoms with van der Waals surface area (Å²) < 4.78 is 0. The largest absolute Gasteiger partial charge is 0.302 e. The molecule has 0 bridgehead atoms. The Morgan fingerprint density at radius 2 is 1.81 bits per heavy atom. The zero-order valence-electron chi connectivity index (χ0n) is 14.7. The lowest BCUT2D eigenvalue weighted by molar-refractivity contribution is -0.116. The van der Waals surface area contributed by atoms with Crippen LogP contribution in [0.15, 0.2) is 54.6 Å². The molecule has 1 N–H and O–H groups in total. The number of hydrogen-bond acceptors (Lipinski definition) is 5. The zero-order valence-corrected chi connectivity index (χ0v) is 15.5. The molecule has 5 nitrogen and oxygen atoms in total. The fraction of sp³-hybridized carbons (Fsp3) is 0.143. The van der Waals surface area contributed by atoms with E-state index >= 15 is 0 Å². The van der Waals surface area contributed by atoms with Gasteiger partial charge in [0.15, 0.2) is 10.9 Å². The third-order valence-corrected chi connectivity index (χ3v) is 5.04. The van der Waals surface area contributed by atoms with Gasteiger partial charge in [0.25, 0.3) is 0 Å². The predicted octanol–water partition coefficient (Wildman–Crippen LogP) is 4.46. The van der Waals surface area contributed by atoms with Crippen molar-refractivity contribution in [2.45, 2.75) is 19.8 Å². The molecule has 1 heterocycles. The fourth-order valence-electron chi connectivity index (χ4n) is 2.59. The minimum absolute atomic E-state index is 0.0792. The molecule has 2 aromatic carbocycles. The summed E-state index contributed by atoms with van der Waals surface area (Å²) in [6, 6.07) is 18.7. The molecule has 0 unspecified atom stereocenters. The van der Waals surface area contributed by atoms with Crippen LogP contribution in [-0.2, 0) is 11.2 Å². The molecule has 0 aliphatic carbocycles. The highest BCUT2D eigenvalue weighted by Gasteiger charge is 2.17. The van der Waals surface area contributed by atoms with Crippen molar-refractivity contribution in [3.05, 3.63) is 70.6 Å². The van der Waals surface area contributed by atoms with Gasteiger partial charge in [-0.2, -0.15) is 5.26 Å². The first-order chi connectivity index (χ1) is 13.1. The molecular weight excluding hydrogens is 358 g/mol. The van der Waals surface area contributed by atoms with Gasteiger partial charge >= 0.3 is 0 Å². The zero-order chi connectivity index (χ0) is 19.2. The minimum Gasteiger partial charge on any atom is -0.302 e. The van der Waals surface area contributed by atoms with Crippen LogP contribution in [-0.4, -0.2) is 16.7 Å². The first-order valence-corrected chi connectivity index (χ1v) is 9.24. The van der Waals surface area contributed by atoms with Crippen molar-refractivity contribution in [1.82, 2.24) is 4.98 Å². The van der Waals surface area contributed by atoms with E-state index in [2.05, 4.69) is 16.4 Å². The molecule has 0 saturated carbocycles. The molecule has 3 aromatic rings. The molecule has 0 saturated heterocycles. The van der Waals surface area contributed by atoms with Crippen molar-refractivity contribution in [1.29, 1.82) is 5.26 Å². The summed E-state index contributed by atoms with van der Waals surface area (Å²) in [4.78, 5) is 29.2. The molecule has 0 spiro atoms. The number of rotatable bonds is 6. The van der Waals surface area contributed by atoms with Gasteiger partial charge in [0.05, 0.1) is 22.2 Å². The molecule has 0 atom stereocenters. The van der Waals surface area contributed by atoms with Crippen LogP contribution in [0, 0.1) is 11.3 Å². The summed E-state index contributed by atoms with van der Waals surface area (Å²) in [5.74, 6) is -0.243. The Morgan fingerprint density at radius 3 is 2.44 bits per heavy atom. The lowest BCUT2D eigenvalue weighted by Gasteiger charge is -2.02. The van der Waals surface area contributed by atoms with Crippen LogP contribution >= 0.6 is 11.3 Å². The summed E-state index contributed by atoms with van der Waals surface area (Å²) in [5, 5.41) is 12.0. The van der Waals surface area contributed by atoms with Crippen molar-refractivity contribution in [2.75, 3.05) is 5.32 Å². The predicted molar refractivity (Wildman–Crippen MR) is 106 cm³/mol. The summed E-state index contributed by atoms with van der Waals surface area (Å²) in [6.07, 6.45) is 0.857. The smallest absolute Gasteiger partial charge is 0.226 e. The van der Waals surface area contributed by atoms with Gasteiger partial charge in [-0.3, -0.25) is 9.59 Å². The second-order valence-corrected chi connectivity index (χ2v) is 6.97. The van der Waals surface area contributed by atoms with Crippen LogP contribution in [0.4, 0.5) is 5.13 Å². The highest BCUT2D eigenvalue weighted by atomic mass is 32.1. The van der Waals surface area contributed by atoms with E-state index in [0.29, 0.717) is 34.1 Å². The van der Waals surface area contributed by atoms with E-state index < -0.39 is 0 Å². The lowest BCUT2D eigenvalue weighted by Crippen LogP contribution is -2.12. The van der Waals surface area contributed by atoms with E-state index in [1.165, 1.54) is 18.3 Å². The number of nitrogens with one attached hydrogen (secondary N) is 1. The van der Waals surface area contributed by atoms with E-state index in [-0.39, 0.29) is 11.7 Å². The molecule has 0 aliphatic heterocycles. The maximum atomic E-state index is 12.3. The van der Waals surface area contributed by atoms with Crippen molar-refractivity contribution >= 4 is 28.2 Å². The monoisotopic (exact) mass is 375 g/mol. The Hall–Kier alpha value is -3.30. The van der Waals surface area contributed by atoms with Crippen LogP contribution in [0.1, 0.15) is 34.1 Å². The van der Waals surface area contributed by atoms with E-state index in [0.717, 1.165) is 11.1 Å². The Morgan fingerprint density at radius 1 is 1.11 bits per heavy atom. The molecule has 1 aromatic heterocycles. The standard InChI is InChI=1S/C21H17N3O2S/c1-14(25)20-19(17-5-3-2-4-6-17)24-21(27-20)23-18(26)12-11-15-7-9-16(13-22)10-8-15/h2-10H,11-12H2,1H3,(H,23,24,26). The number of aromatic nitrogens is 1. The third kappa shape index (κ3) is 4.66. The average Bonchev–Trinajstić information content (AvgIpc) is 3.11. The number of Topliss-reactive ketones (excluding diaryl/α,β-unsaturated/α-hetero) is 1. The van der Waals surface area contributed by atoms with Gasteiger partial charge in [-0.05, 0) is 24.1 Å². The van der Waals surface area contributed by atoms with E-state index in [9.17, 15) is 9.59 Å². The number of ketones is 1. The van der Waals surface area contributed by atoms with Gasteiger partial charge in [-0.25, -0.2) is 4.98 Å². The molecule has 0 fully saturated rings. The molecule has 6 heteroatoms. The van der Waals surface area contributed by atoms with Crippen LogP contribution < -0.4 is 5.32 Å². The van der Waals surface area contributed by atoms with Crippen molar-refractivity contribution in [3.8, 4) is 17.3 Å². The van der Waals surface area contributed by atoms with Gasteiger partial charge in [0.2, 0.25) is 5.91 Å². The number of amides is 1. The second kappa shape index (κ2) is 8.39. The van der Waals surface area contributed by atoms with Crippen LogP contribution in [0.25, 0.3) is 11.3 Å². The fourth-order valence-corrected chi connectivity index (χ4v) is 3.49. The molecule has 27 heavy (non-hydrogen) atoms. The quantitative estimate of drug-likeness (QED) is 0.645. The maximum absolute atomic E-state index is 12.3. The Labute approximate surface area is 161 Å². The van der Waals surface area contributed by atoms with Crippen LogP contribution in [0.3, 0.4) is 0 Å². The number of carbonyl (C=O) groups is 2. The van der Waals surface area contributed by atoms with Crippen LogP contribution in [0.2, 0.25) is 0 Å². The molecule has 134 valence electrons. The molecular formula is C21H17N3O2S. The number of hydrogen-bond donors (Lipinski definition) is 1. The number of nitrogens with zero attached hydrogens (tertiary/aromatic N) is 2. The van der Waals surface area contributed by atoms with Gasteiger partial charge in [-0.1, -0.05) is 53.8 Å². The highest BCUT2D eigenvalue weighted by molar-refractivity contribution is 7.18. The third-order valence-electron chi connectivity index (χ3n) is 3.96. The van der Waals surface area contributed by atoms with Gasteiger partial charge in [0, 0.05) is 18.9 Å². The molecule has 3 rings (SSSR count). The average molecular weight is 375 g/mol. The van der Waals surface area contributed by atoms with Gasteiger partial charge in [-0.15, -0.1) is 0 Å². The topological polar surface area (TPSA) is 82.9 Å². The van der Waals surface area contributed by atoms with Gasteiger partial charge < -0.3 is 5.32 Å². The van der Waals surface area contributed by atoms with E-state index in [1.807, 2.05) is 42.5 Å². The second-order valence-electron chi connectivity index (χ2n) is 5.98. The SMILES string of the molecule is CC(=O)c1sc(NC(=O)CCc2ccc(C#N)cc2)nc1-c1ccccc1. The first kappa shape index (κ1) is 18.5. The van der Waals surface area contributed by atoms with Crippen molar-refractivity contribution in [2.24, 2.45) is 0 Å². The Balaban J connectivity index is 1.68. The number of nitriles is 1. The normalized spacial score (nSPS) is 10.2. The van der Waals surface area contributed by atoms with Gasteiger partial charge in [0.1, 0.15) is 0 Å². The Bertz CT molecular complexity index is 1000. The van der Waals surface area contributed by atoms with Crippen molar-refractivity contribution in [3.63, 3.8) is 0 Å². The molecule has 0 radical (unpaired) electrons. The molecule has 1 amide bonds. The number of carbonyl (C=O) groups excluding carboxylic acids is 2. The summed E-state index contributed by atoms with van der Waals surface area (Å²) >= 11 is 1.19. The molecule has 0 aliphatic rings. The number of thiazole rings is 1. The summed E-state index contributed by atoms with van der Waals surface area (Å²) in [7, 11) is 0. The summed E-state index contributed by atoms with van der Waals surface area (Å²) in [5.41, 5.74) is 3.02. The number of anilines is 1. The van der Waals surface area contributed by atoms with Crippen molar-refractivity contribution < 1.29 is 9.59 Å². The highest BCUT2D eigenvalue weighted by Crippen LogP contribution is 2.31. The first-order valence-electron chi connectivity index (χ1n) is 8.43. The van der Waals surface area contributed by atoms with E-state index in [4.69, 9.17) is 5.26 Å².